The molecule has 1 N–H and O–H groups in total. The fourth-order valence-corrected chi connectivity index (χ4v) is 3.76. The van der Waals surface area contributed by atoms with Crippen LogP contribution in [0, 0.1) is 0 Å². The van der Waals surface area contributed by atoms with Crippen molar-refractivity contribution in [3.05, 3.63) is 95.6 Å². The monoisotopic (exact) mass is 430 g/mol. The Kier molecular flexibility index (Phi) is 6.70. The highest BCUT2D eigenvalue weighted by Gasteiger charge is 2.28. The van der Waals surface area contributed by atoms with Crippen LogP contribution in [0.3, 0.4) is 0 Å². The van der Waals surface area contributed by atoms with E-state index in [0.717, 1.165) is 16.7 Å². The van der Waals surface area contributed by atoms with Gasteiger partial charge in [-0.1, -0.05) is 66.7 Å². The Morgan fingerprint density at radius 3 is 2.22 bits per heavy atom. The van der Waals surface area contributed by atoms with Crippen molar-refractivity contribution in [2.45, 2.75) is 32.5 Å². The van der Waals surface area contributed by atoms with E-state index in [1.807, 2.05) is 78.9 Å². The molecule has 6 nitrogen and oxygen atoms in total. The van der Waals surface area contributed by atoms with Crippen LogP contribution in [0.1, 0.15) is 23.6 Å². The van der Waals surface area contributed by atoms with E-state index in [0.29, 0.717) is 31.0 Å². The van der Waals surface area contributed by atoms with E-state index in [2.05, 4.69) is 5.32 Å². The van der Waals surface area contributed by atoms with Gasteiger partial charge < -0.3 is 19.7 Å². The van der Waals surface area contributed by atoms with E-state index in [1.165, 1.54) is 6.92 Å². The van der Waals surface area contributed by atoms with Crippen LogP contribution < -0.4 is 14.8 Å². The van der Waals surface area contributed by atoms with Crippen LogP contribution in [0.2, 0.25) is 0 Å². The molecule has 0 spiro atoms. The molecule has 2 amide bonds. The first-order chi connectivity index (χ1) is 15.6. The second kappa shape index (κ2) is 10.0. The summed E-state index contributed by atoms with van der Waals surface area (Å²) < 4.78 is 10.8. The molecule has 1 aliphatic heterocycles. The van der Waals surface area contributed by atoms with Crippen LogP contribution in [0.15, 0.2) is 78.9 Å². The van der Waals surface area contributed by atoms with Crippen LogP contribution in [-0.4, -0.2) is 29.5 Å². The Bertz CT molecular complexity index is 1070. The first-order valence-electron chi connectivity index (χ1n) is 10.6. The predicted octanol–water partition coefficient (Wildman–Crippen LogP) is 3.69. The normalized spacial score (nSPS) is 12.8. The molecule has 0 fully saturated rings. The number of hydrogen-bond donors (Lipinski definition) is 1. The molecule has 1 aliphatic rings. The quantitative estimate of drug-likeness (QED) is 0.592. The van der Waals surface area contributed by atoms with Gasteiger partial charge in [-0.15, -0.1) is 0 Å². The molecular weight excluding hydrogens is 404 g/mol. The van der Waals surface area contributed by atoms with Gasteiger partial charge >= 0.3 is 0 Å². The van der Waals surface area contributed by atoms with Crippen molar-refractivity contribution in [2.75, 3.05) is 6.79 Å². The Hall–Kier alpha value is -3.80. The number of rotatable bonds is 8. The molecule has 0 saturated heterocycles. The molecule has 3 aromatic carbocycles. The van der Waals surface area contributed by atoms with Gasteiger partial charge in [0.15, 0.2) is 11.5 Å². The van der Waals surface area contributed by atoms with E-state index < -0.39 is 6.04 Å². The van der Waals surface area contributed by atoms with Gasteiger partial charge in [-0.3, -0.25) is 9.59 Å². The van der Waals surface area contributed by atoms with Crippen LogP contribution in [0.5, 0.6) is 11.5 Å². The summed E-state index contributed by atoms with van der Waals surface area (Å²) in [6.45, 7) is 2.41. The van der Waals surface area contributed by atoms with Crippen LogP contribution in [0.4, 0.5) is 0 Å². The molecule has 0 saturated carbocycles. The van der Waals surface area contributed by atoms with Gasteiger partial charge in [0.25, 0.3) is 0 Å². The number of fused-ring (bicyclic) bond motifs is 1. The smallest absolute Gasteiger partial charge is 0.243 e. The van der Waals surface area contributed by atoms with Crippen molar-refractivity contribution in [1.82, 2.24) is 10.2 Å². The maximum absolute atomic E-state index is 13.3. The molecule has 4 rings (SSSR count). The third kappa shape index (κ3) is 5.27. The summed E-state index contributed by atoms with van der Waals surface area (Å²) in [5, 5.41) is 3.00. The lowest BCUT2D eigenvalue weighted by atomic mass is 10.0. The maximum Gasteiger partial charge on any atom is 0.243 e. The molecule has 3 aromatic rings. The largest absolute Gasteiger partial charge is 0.454 e. The molecule has 164 valence electrons. The first-order valence-corrected chi connectivity index (χ1v) is 10.6. The highest BCUT2D eigenvalue weighted by atomic mass is 16.7. The molecule has 0 aromatic heterocycles. The Morgan fingerprint density at radius 2 is 1.53 bits per heavy atom. The van der Waals surface area contributed by atoms with E-state index in [-0.39, 0.29) is 18.6 Å². The average molecular weight is 431 g/mol. The number of hydrogen-bond acceptors (Lipinski definition) is 4. The Morgan fingerprint density at radius 1 is 0.875 bits per heavy atom. The Balaban J connectivity index is 1.53. The van der Waals surface area contributed by atoms with Gasteiger partial charge in [-0.2, -0.15) is 0 Å². The summed E-state index contributed by atoms with van der Waals surface area (Å²) in [5.74, 6) is 1.03. The summed E-state index contributed by atoms with van der Waals surface area (Å²) >= 11 is 0. The van der Waals surface area contributed by atoms with Gasteiger partial charge in [0, 0.05) is 26.4 Å². The van der Waals surface area contributed by atoms with Crippen LogP contribution in [0.25, 0.3) is 0 Å². The average Bonchev–Trinajstić information content (AvgIpc) is 3.29. The van der Waals surface area contributed by atoms with Gasteiger partial charge in [-0.25, -0.2) is 0 Å². The Labute approximate surface area is 187 Å². The molecule has 6 heteroatoms. The van der Waals surface area contributed by atoms with Crippen LogP contribution in [-0.2, 0) is 29.1 Å². The minimum absolute atomic E-state index is 0.145. The number of benzene rings is 3. The van der Waals surface area contributed by atoms with Crippen molar-refractivity contribution < 1.29 is 19.1 Å². The second-order valence-electron chi connectivity index (χ2n) is 7.74. The fourth-order valence-electron chi connectivity index (χ4n) is 3.76. The SMILES string of the molecule is CC(=O)N(Cc1ccccc1)[C@H](Cc1ccccc1)C(=O)NCc1ccc2c(c1)OCO2. The number of ether oxygens (including phenoxy) is 2. The number of nitrogens with zero attached hydrogens (tertiary/aromatic N) is 1. The molecule has 0 bridgehead atoms. The van der Waals surface area contributed by atoms with E-state index in [4.69, 9.17) is 9.47 Å². The fraction of sp³-hybridized carbons (Fsp3) is 0.231. The molecule has 0 unspecified atom stereocenters. The maximum atomic E-state index is 13.3. The van der Waals surface area contributed by atoms with E-state index >= 15 is 0 Å². The van der Waals surface area contributed by atoms with E-state index in [1.54, 1.807) is 4.90 Å². The molecule has 0 radical (unpaired) electrons. The van der Waals surface area contributed by atoms with Crippen LogP contribution >= 0.6 is 0 Å². The molecule has 1 heterocycles. The van der Waals surface area contributed by atoms with Gasteiger partial charge in [-0.05, 0) is 28.8 Å². The third-order valence-corrected chi connectivity index (χ3v) is 5.45. The van der Waals surface area contributed by atoms with Gasteiger partial charge in [0.1, 0.15) is 6.04 Å². The topological polar surface area (TPSA) is 67.9 Å². The second-order valence-corrected chi connectivity index (χ2v) is 7.74. The minimum Gasteiger partial charge on any atom is -0.454 e. The van der Waals surface area contributed by atoms with Gasteiger partial charge in [0.05, 0.1) is 0 Å². The van der Waals surface area contributed by atoms with Crippen molar-refractivity contribution in [3.8, 4) is 11.5 Å². The first kappa shape index (κ1) is 21.4. The summed E-state index contributed by atoms with van der Waals surface area (Å²) in [6, 6.07) is 24.4. The van der Waals surface area contributed by atoms with Crippen molar-refractivity contribution in [3.63, 3.8) is 0 Å². The molecule has 1 atom stereocenters. The van der Waals surface area contributed by atoms with Crippen molar-refractivity contribution >= 4 is 11.8 Å². The van der Waals surface area contributed by atoms with Crippen molar-refractivity contribution in [1.29, 1.82) is 0 Å². The minimum atomic E-state index is -0.635. The summed E-state index contributed by atoms with van der Waals surface area (Å²) in [4.78, 5) is 27.6. The summed E-state index contributed by atoms with van der Waals surface area (Å²) in [5.41, 5.74) is 2.87. The molecular formula is C26H26N2O4. The summed E-state index contributed by atoms with van der Waals surface area (Å²) in [7, 11) is 0. The van der Waals surface area contributed by atoms with Gasteiger partial charge in [0.2, 0.25) is 18.6 Å². The lowest BCUT2D eigenvalue weighted by Crippen LogP contribution is -2.49. The number of nitrogens with one attached hydrogen (secondary N) is 1. The zero-order valence-corrected chi connectivity index (χ0v) is 18.0. The highest BCUT2D eigenvalue weighted by Crippen LogP contribution is 2.32. The summed E-state index contributed by atoms with van der Waals surface area (Å²) in [6.07, 6.45) is 0.431. The predicted molar refractivity (Wildman–Crippen MR) is 121 cm³/mol. The standard InChI is InChI=1S/C26H26N2O4/c1-19(29)28(17-21-10-6-3-7-11-21)23(14-20-8-4-2-5-9-20)26(30)27-16-22-12-13-24-25(15-22)32-18-31-24/h2-13,15,23H,14,16-18H2,1H3,(H,27,30)/t23-/m1/s1. The zero-order valence-electron chi connectivity index (χ0n) is 18.0. The lowest BCUT2D eigenvalue weighted by Gasteiger charge is -2.30. The number of amides is 2. The lowest BCUT2D eigenvalue weighted by molar-refractivity contribution is -0.139. The third-order valence-electron chi connectivity index (χ3n) is 5.45. The molecule has 0 aliphatic carbocycles. The number of carbonyl (C=O) groups excluding carboxylic acids is 2. The molecule has 32 heavy (non-hydrogen) atoms. The number of carbonyl (C=O) groups is 2. The zero-order chi connectivity index (χ0) is 22.3. The van der Waals surface area contributed by atoms with Crippen molar-refractivity contribution in [2.24, 2.45) is 0 Å². The highest BCUT2D eigenvalue weighted by molar-refractivity contribution is 5.87. The van der Waals surface area contributed by atoms with E-state index in [9.17, 15) is 9.59 Å².